The maximum Gasteiger partial charge on any atom is 0.419 e. The Morgan fingerprint density at radius 3 is 2.63 bits per heavy atom. The van der Waals surface area contributed by atoms with E-state index < -0.39 is 11.7 Å². The molecule has 142 valence electrons. The number of rotatable bonds is 2. The number of amides is 1. The quantitative estimate of drug-likeness (QED) is 0.806. The first-order chi connectivity index (χ1) is 12.9. The zero-order chi connectivity index (χ0) is 19.0. The van der Waals surface area contributed by atoms with Crippen molar-refractivity contribution in [2.24, 2.45) is 5.92 Å². The molecule has 0 saturated carbocycles. The monoisotopic (exact) mass is 375 g/mol. The van der Waals surface area contributed by atoms with E-state index in [0.717, 1.165) is 18.1 Å². The molecule has 1 atom stereocenters. The Balaban J connectivity index is 1.47. The van der Waals surface area contributed by atoms with Gasteiger partial charge in [0.15, 0.2) is 0 Å². The van der Waals surface area contributed by atoms with Gasteiger partial charge in [-0.2, -0.15) is 13.2 Å². The van der Waals surface area contributed by atoms with Crippen LogP contribution in [0.2, 0.25) is 0 Å². The van der Waals surface area contributed by atoms with Crippen molar-refractivity contribution in [2.45, 2.75) is 25.6 Å². The van der Waals surface area contributed by atoms with E-state index in [0.29, 0.717) is 26.1 Å². The van der Waals surface area contributed by atoms with Crippen LogP contribution < -0.4 is 4.90 Å². The van der Waals surface area contributed by atoms with Crippen molar-refractivity contribution >= 4 is 11.7 Å². The summed E-state index contributed by atoms with van der Waals surface area (Å²) in [7, 11) is 0. The minimum Gasteiger partial charge on any atom is -0.355 e. The van der Waals surface area contributed by atoms with Crippen molar-refractivity contribution in [3.63, 3.8) is 0 Å². The standard InChI is InChI=1S/C20H20F3N3O/c21-20(22,23)17-6-3-9-24-18(17)25-10-8-16(13-25)19(27)26-11-7-14-4-1-2-5-15(14)12-26/h1-6,9,16H,7-8,10-13H2. The summed E-state index contributed by atoms with van der Waals surface area (Å²) in [6.45, 7) is 1.91. The first-order valence-electron chi connectivity index (χ1n) is 9.06. The maximum absolute atomic E-state index is 13.2. The van der Waals surface area contributed by atoms with E-state index in [1.807, 2.05) is 23.1 Å². The Morgan fingerprint density at radius 1 is 1.07 bits per heavy atom. The zero-order valence-corrected chi connectivity index (χ0v) is 14.7. The lowest BCUT2D eigenvalue weighted by Crippen LogP contribution is -2.40. The second-order valence-electron chi connectivity index (χ2n) is 7.08. The molecule has 1 aromatic carbocycles. The lowest BCUT2D eigenvalue weighted by atomic mass is 9.98. The summed E-state index contributed by atoms with van der Waals surface area (Å²) in [6, 6.07) is 10.4. The van der Waals surface area contributed by atoms with Crippen molar-refractivity contribution in [1.82, 2.24) is 9.88 Å². The molecular formula is C20H20F3N3O. The third kappa shape index (κ3) is 3.50. The average Bonchev–Trinajstić information content (AvgIpc) is 3.16. The molecule has 0 aliphatic carbocycles. The van der Waals surface area contributed by atoms with Crippen LogP contribution in [-0.4, -0.2) is 35.4 Å². The van der Waals surface area contributed by atoms with Crippen molar-refractivity contribution in [3.8, 4) is 0 Å². The molecule has 2 aromatic rings. The second-order valence-corrected chi connectivity index (χ2v) is 7.08. The minimum absolute atomic E-state index is 0.0245. The largest absolute Gasteiger partial charge is 0.419 e. The fraction of sp³-hybridized carbons (Fsp3) is 0.400. The molecule has 4 rings (SSSR count). The Bertz CT molecular complexity index is 852. The minimum atomic E-state index is -4.46. The molecule has 4 nitrogen and oxygen atoms in total. The van der Waals surface area contributed by atoms with Crippen LogP contribution >= 0.6 is 0 Å². The van der Waals surface area contributed by atoms with Crippen LogP contribution in [0, 0.1) is 5.92 Å². The highest BCUT2D eigenvalue weighted by molar-refractivity contribution is 5.80. The van der Waals surface area contributed by atoms with Crippen LogP contribution in [0.15, 0.2) is 42.6 Å². The summed E-state index contributed by atoms with van der Waals surface area (Å²) < 4.78 is 39.7. The molecule has 1 aromatic heterocycles. The Hall–Kier alpha value is -2.57. The smallest absolute Gasteiger partial charge is 0.355 e. The summed E-state index contributed by atoms with van der Waals surface area (Å²) in [6.07, 6.45) is -1.73. The fourth-order valence-corrected chi connectivity index (χ4v) is 3.97. The summed E-state index contributed by atoms with van der Waals surface area (Å²) in [5, 5.41) is 0. The first-order valence-corrected chi connectivity index (χ1v) is 9.06. The van der Waals surface area contributed by atoms with E-state index in [1.54, 1.807) is 4.90 Å². The zero-order valence-electron chi connectivity index (χ0n) is 14.7. The molecule has 1 unspecified atom stereocenters. The molecule has 1 amide bonds. The normalized spacial score (nSPS) is 19.9. The van der Waals surface area contributed by atoms with E-state index in [2.05, 4.69) is 11.1 Å². The number of hydrogen-bond acceptors (Lipinski definition) is 3. The number of alkyl halides is 3. The lowest BCUT2D eigenvalue weighted by Gasteiger charge is -2.31. The number of nitrogens with zero attached hydrogens (tertiary/aromatic N) is 3. The average molecular weight is 375 g/mol. The molecule has 0 spiro atoms. The van der Waals surface area contributed by atoms with Gasteiger partial charge in [-0.3, -0.25) is 4.79 Å². The number of anilines is 1. The highest BCUT2D eigenvalue weighted by atomic mass is 19.4. The molecule has 0 N–H and O–H groups in total. The third-order valence-electron chi connectivity index (χ3n) is 5.37. The molecule has 3 heterocycles. The molecule has 2 aliphatic heterocycles. The van der Waals surface area contributed by atoms with Gasteiger partial charge >= 0.3 is 6.18 Å². The number of pyridine rings is 1. The Morgan fingerprint density at radius 2 is 1.85 bits per heavy atom. The van der Waals surface area contributed by atoms with Crippen molar-refractivity contribution < 1.29 is 18.0 Å². The van der Waals surface area contributed by atoms with Gasteiger partial charge in [-0.15, -0.1) is 0 Å². The Labute approximate surface area is 155 Å². The fourth-order valence-electron chi connectivity index (χ4n) is 3.97. The number of benzene rings is 1. The second kappa shape index (κ2) is 6.87. The predicted molar refractivity (Wildman–Crippen MR) is 95.1 cm³/mol. The van der Waals surface area contributed by atoms with Crippen LogP contribution in [0.3, 0.4) is 0 Å². The number of fused-ring (bicyclic) bond motifs is 1. The van der Waals surface area contributed by atoms with E-state index in [9.17, 15) is 18.0 Å². The summed E-state index contributed by atoms with van der Waals surface area (Å²) in [5.41, 5.74) is 1.67. The Kier molecular flexibility index (Phi) is 4.53. The van der Waals surface area contributed by atoms with Crippen LogP contribution in [0.25, 0.3) is 0 Å². The topological polar surface area (TPSA) is 36.4 Å². The number of carbonyl (C=O) groups is 1. The number of aromatic nitrogens is 1. The molecular weight excluding hydrogens is 355 g/mol. The van der Waals surface area contributed by atoms with Crippen LogP contribution in [0.1, 0.15) is 23.1 Å². The molecule has 1 saturated heterocycles. The maximum atomic E-state index is 13.2. The van der Waals surface area contributed by atoms with Crippen molar-refractivity contribution in [3.05, 3.63) is 59.3 Å². The molecule has 0 bridgehead atoms. The van der Waals surface area contributed by atoms with Crippen LogP contribution in [0.4, 0.5) is 19.0 Å². The molecule has 1 fully saturated rings. The van der Waals surface area contributed by atoms with Gasteiger partial charge < -0.3 is 9.80 Å². The summed E-state index contributed by atoms with van der Waals surface area (Å²) in [5.74, 6) is -0.348. The van der Waals surface area contributed by atoms with Crippen LogP contribution in [-0.2, 0) is 23.9 Å². The first kappa shape index (κ1) is 17.8. The van der Waals surface area contributed by atoms with E-state index in [4.69, 9.17) is 0 Å². The van der Waals surface area contributed by atoms with Crippen LogP contribution in [0.5, 0.6) is 0 Å². The lowest BCUT2D eigenvalue weighted by molar-refractivity contribution is -0.137. The highest BCUT2D eigenvalue weighted by Crippen LogP contribution is 2.37. The third-order valence-corrected chi connectivity index (χ3v) is 5.37. The van der Waals surface area contributed by atoms with Gasteiger partial charge in [0.2, 0.25) is 5.91 Å². The molecule has 27 heavy (non-hydrogen) atoms. The SMILES string of the molecule is O=C(C1CCN(c2ncccc2C(F)(F)F)C1)N1CCc2ccccc2C1. The summed E-state index contributed by atoms with van der Waals surface area (Å²) in [4.78, 5) is 20.3. The molecule has 7 heteroatoms. The van der Waals surface area contributed by atoms with E-state index in [-0.39, 0.29) is 24.2 Å². The molecule has 0 radical (unpaired) electrons. The number of hydrogen-bond donors (Lipinski definition) is 0. The van der Waals surface area contributed by atoms with Gasteiger partial charge in [-0.05, 0) is 36.1 Å². The molecule has 2 aliphatic rings. The van der Waals surface area contributed by atoms with Gasteiger partial charge in [0.05, 0.1) is 11.5 Å². The number of halogens is 3. The van der Waals surface area contributed by atoms with Crippen molar-refractivity contribution in [1.29, 1.82) is 0 Å². The summed E-state index contributed by atoms with van der Waals surface area (Å²) >= 11 is 0. The van der Waals surface area contributed by atoms with Gasteiger partial charge in [0.1, 0.15) is 5.82 Å². The van der Waals surface area contributed by atoms with Crippen molar-refractivity contribution in [2.75, 3.05) is 24.5 Å². The van der Waals surface area contributed by atoms with Gasteiger partial charge in [-0.1, -0.05) is 24.3 Å². The number of carbonyl (C=O) groups excluding carboxylic acids is 1. The van der Waals surface area contributed by atoms with Gasteiger partial charge in [0.25, 0.3) is 0 Å². The van der Waals surface area contributed by atoms with Gasteiger partial charge in [0, 0.05) is 32.4 Å². The predicted octanol–water partition coefficient (Wildman–Crippen LogP) is 3.51. The van der Waals surface area contributed by atoms with E-state index in [1.165, 1.54) is 17.8 Å². The van der Waals surface area contributed by atoms with E-state index >= 15 is 0 Å². The van der Waals surface area contributed by atoms with Gasteiger partial charge in [-0.25, -0.2) is 4.98 Å². The highest BCUT2D eigenvalue weighted by Gasteiger charge is 2.39.